The lowest BCUT2D eigenvalue weighted by atomic mass is 9.53. The molecule has 242 valence electrons. The van der Waals surface area contributed by atoms with Crippen molar-refractivity contribution < 1.29 is 39.4 Å². The summed E-state index contributed by atoms with van der Waals surface area (Å²) < 4.78 is 27.3. The normalized spacial score (nSPS) is 51.9. The first kappa shape index (κ1) is 31.7. The highest BCUT2D eigenvalue weighted by molar-refractivity contribution is 5.34. The lowest BCUT2D eigenvalue weighted by Gasteiger charge is -2.60. The topological polar surface area (TPSA) is 121 Å². The van der Waals surface area contributed by atoms with Crippen LogP contribution in [0.15, 0.2) is 0 Å². The third-order valence-corrected chi connectivity index (χ3v) is 12.7. The molecule has 0 spiro atoms. The number of hydrogen-bond acceptors (Lipinski definition) is 8. The van der Waals surface area contributed by atoms with Crippen molar-refractivity contribution in [2.75, 3.05) is 6.61 Å². The number of aliphatic hydroxyl groups is 4. The van der Waals surface area contributed by atoms with Gasteiger partial charge in [-0.1, -0.05) is 98.8 Å². The van der Waals surface area contributed by atoms with E-state index in [1.165, 1.54) is 57.8 Å². The van der Waals surface area contributed by atoms with Crippen LogP contribution in [0.3, 0.4) is 0 Å². The van der Waals surface area contributed by atoms with E-state index in [0.717, 1.165) is 12.8 Å². The number of rotatable bonds is 14. The van der Waals surface area contributed by atoms with Crippen molar-refractivity contribution >= 4 is 0 Å². The molecular weight excluding hydrogens is 536 g/mol. The lowest BCUT2D eigenvalue weighted by Crippen LogP contribution is -2.73. The molecule has 42 heavy (non-hydrogen) atoms. The predicted octanol–water partition coefficient (Wildman–Crippen LogP) is 4.83. The van der Waals surface area contributed by atoms with Crippen LogP contribution in [0.4, 0.5) is 0 Å². The summed E-state index contributed by atoms with van der Waals surface area (Å²) in [7, 11) is 0. The third-order valence-electron chi connectivity index (χ3n) is 12.7. The first-order valence-electron chi connectivity index (χ1n) is 17.4. The van der Waals surface area contributed by atoms with Crippen molar-refractivity contribution in [1.29, 1.82) is 0 Å². The zero-order valence-electron chi connectivity index (χ0n) is 26.7. The molecule has 0 aromatic carbocycles. The van der Waals surface area contributed by atoms with E-state index in [-0.39, 0.29) is 29.8 Å². The molecule has 3 saturated heterocycles. The van der Waals surface area contributed by atoms with Crippen molar-refractivity contribution in [1.82, 2.24) is 0 Å². The maximum Gasteiger partial charge on any atom is 0.284 e. The molecule has 0 aromatic rings. The van der Waals surface area contributed by atoms with Crippen LogP contribution in [-0.2, 0) is 18.9 Å². The van der Waals surface area contributed by atoms with Gasteiger partial charge in [0.15, 0.2) is 0 Å². The Morgan fingerprint density at radius 2 is 1.45 bits per heavy atom. The summed E-state index contributed by atoms with van der Waals surface area (Å²) in [5.41, 5.74) is -4.73. The summed E-state index contributed by atoms with van der Waals surface area (Å²) in [6.45, 7) is 10.3. The zero-order valence-corrected chi connectivity index (χ0v) is 26.7. The minimum absolute atomic E-state index is 0.0378. The number of fused-ring (bicyclic) bond motifs is 3. The van der Waals surface area contributed by atoms with Gasteiger partial charge in [-0.2, -0.15) is 0 Å². The fraction of sp³-hybridized carbons (Fsp3) is 1.00. The molecule has 3 aliphatic carbocycles. The van der Waals surface area contributed by atoms with Gasteiger partial charge in [-0.3, -0.25) is 0 Å². The summed E-state index contributed by atoms with van der Waals surface area (Å²) in [4.78, 5) is 0. The van der Waals surface area contributed by atoms with Gasteiger partial charge in [0, 0.05) is 18.3 Å². The Morgan fingerprint density at radius 1 is 0.833 bits per heavy atom. The second kappa shape index (κ2) is 11.2. The molecule has 6 aliphatic rings. The summed E-state index contributed by atoms with van der Waals surface area (Å²) in [5, 5.41) is 46.0. The minimum Gasteiger partial charge on any atom is -0.393 e. The van der Waals surface area contributed by atoms with E-state index < -0.39 is 59.2 Å². The Kier molecular flexibility index (Phi) is 8.43. The van der Waals surface area contributed by atoms with Crippen LogP contribution < -0.4 is 0 Å². The summed E-state index contributed by atoms with van der Waals surface area (Å²) in [6, 6.07) is 0. The number of epoxide rings is 1. The number of hydrogen-bond donors (Lipinski definition) is 4. The summed E-state index contributed by atoms with van der Waals surface area (Å²) in [6.07, 6.45) is 12.1. The Labute approximate surface area is 252 Å². The largest absolute Gasteiger partial charge is 0.393 e. The molecule has 8 heteroatoms. The van der Waals surface area contributed by atoms with Gasteiger partial charge in [-0.25, -0.2) is 0 Å². The molecule has 6 fully saturated rings. The molecule has 3 aliphatic heterocycles. The molecule has 13 atom stereocenters. The van der Waals surface area contributed by atoms with Crippen molar-refractivity contribution in [3.63, 3.8) is 0 Å². The van der Waals surface area contributed by atoms with Crippen molar-refractivity contribution in [2.24, 2.45) is 29.6 Å². The molecule has 0 radical (unpaired) electrons. The highest BCUT2D eigenvalue weighted by Crippen LogP contribution is 2.74. The SMILES string of the molecule is CCCCCCCCCCCCC[C@]12O[C@@H]3[C@@H]4[C@@H]5O[C@]5(CO)[C@@H](O)[C@@]5(O)[C@@H](C[C@H](C)[C@@H]5O)[C@@]4(O1)[C@H](C)C[C@]3(C(C)C)O2. The Hall–Kier alpha value is -0.320. The Morgan fingerprint density at radius 3 is 2.05 bits per heavy atom. The quantitative estimate of drug-likeness (QED) is 0.167. The number of aliphatic hydroxyl groups excluding tert-OH is 3. The highest BCUT2D eigenvalue weighted by atomic mass is 16.9. The molecule has 0 aromatic heterocycles. The second-order valence-electron chi connectivity index (χ2n) is 15.5. The molecule has 3 saturated carbocycles. The van der Waals surface area contributed by atoms with Crippen LogP contribution in [-0.4, -0.2) is 79.8 Å². The fourth-order valence-electron chi connectivity index (χ4n) is 10.4. The first-order valence-corrected chi connectivity index (χ1v) is 17.4. The van der Waals surface area contributed by atoms with Gasteiger partial charge in [-0.05, 0) is 37.0 Å². The standard InChI is InChI=1S/C34H58O8/c1-6-7-8-9-10-11-12-13-14-15-16-17-32-40-27-25-28-31(20-35,39-28)29(37)33(38)24(18-22(4)26(33)36)34(25,42-32)23(5)19-30(27,41-32)21(2)3/h21-29,35-38H,6-20H2,1-5H3/t22-,23+,24+,25+,26-,27+,28-,29+,30+,31-,32+,33+,34-/m0/s1. The van der Waals surface area contributed by atoms with E-state index in [9.17, 15) is 20.4 Å². The van der Waals surface area contributed by atoms with Crippen LogP contribution in [0.25, 0.3) is 0 Å². The van der Waals surface area contributed by atoms with Gasteiger partial charge in [0.05, 0.1) is 18.3 Å². The maximum absolute atomic E-state index is 12.3. The minimum atomic E-state index is -1.87. The van der Waals surface area contributed by atoms with E-state index in [1.807, 2.05) is 6.92 Å². The summed E-state index contributed by atoms with van der Waals surface area (Å²) >= 11 is 0. The molecule has 8 nitrogen and oxygen atoms in total. The van der Waals surface area contributed by atoms with E-state index in [2.05, 4.69) is 27.7 Å². The Balaban J connectivity index is 1.23. The highest BCUT2D eigenvalue weighted by Gasteiger charge is 2.88. The second-order valence-corrected chi connectivity index (χ2v) is 15.5. The summed E-state index contributed by atoms with van der Waals surface area (Å²) in [5.74, 6) is -2.24. The average Bonchev–Trinajstić information content (AvgIpc) is 3.60. The third kappa shape index (κ3) is 4.29. The first-order chi connectivity index (χ1) is 20.0. The fourth-order valence-corrected chi connectivity index (χ4v) is 10.4. The van der Waals surface area contributed by atoms with Gasteiger partial charge >= 0.3 is 0 Å². The van der Waals surface area contributed by atoms with E-state index in [4.69, 9.17) is 18.9 Å². The molecule has 4 N–H and O–H groups in total. The predicted molar refractivity (Wildman–Crippen MR) is 157 cm³/mol. The van der Waals surface area contributed by atoms with Crippen LogP contribution in [0.5, 0.6) is 0 Å². The van der Waals surface area contributed by atoms with Crippen LogP contribution in [0.2, 0.25) is 0 Å². The van der Waals surface area contributed by atoms with Gasteiger partial charge in [-0.15, -0.1) is 0 Å². The van der Waals surface area contributed by atoms with Crippen molar-refractivity contribution in [3.8, 4) is 0 Å². The lowest BCUT2D eigenvalue weighted by molar-refractivity contribution is -0.435. The molecule has 0 amide bonds. The molecule has 3 bridgehead atoms. The average molecular weight is 595 g/mol. The Bertz CT molecular complexity index is 977. The molecule has 3 heterocycles. The van der Waals surface area contributed by atoms with Gasteiger partial charge in [0.2, 0.25) is 0 Å². The van der Waals surface area contributed by atoms with Crippen LogP contribution in [0, 0.1) is 29.6 Å². The van der Waals surface area contributed by atoms with Crippen molar-refractivity contribution in [2.45, 2.75) is 177 Å². The van der Waals surface area contributed by atoms with Crippen LogP contribution in [0.1, 0.15) is 125 Å². The zero-order chi connectivity index (χ0) is 30.1. The maximum atomic E-state index is 12.3. The molecule has 6 rings (SSSR count). The van der Waals surface area contributed by atoms with Gasteiger partial charge in [0.1, 0.15) is 35.1 Å². The van der Waals surface area contributed by atoms with Crippen molar-refractivity contribution in [3.05, 3.63) is 0 Å². The smallest absolute Gasteiger partial charge is 0.284 e. The van der Waals surface area contributed by atoms with E-state index in [1.54, 1.807) is 0 Å². The van der Waals surface area contributed by atoms with E-state index in [0.29, 0.717) is 19.3 Å². The van der Waals surface area contributed by atoms with E-state index >= 15 is 0 Å². The van der Waals surface area contributed by atoms with Gasteiger partial charge < -0.3 is 39.4 Å². The monoisotopic (exact) mass is 594 g/mol. The number of unbranched alkanes of at least 4 members (excludes halogenated alkanes) is 10. The number of ether oxygens (including phenoxy) is 4. The van der Waals surface area contributed by atoms with Crippen LogP contribution >= 0.6 is 0 Å². The molecular formula is C34H58O8. The van der Waals surface area contributed by atoms with Gasteiger partial charge in [0.25, 0.3) is 5.97 Å². The molecule has 0 unspecified atom stereocenters.